The second-order valence-corrected chi connectivity index (χ2v) is 9.39. The fourth-order valence-electron chi connectivity index (χ4n) is 4.16. The molecule has 0 bridgehead atoms. The van der Waals surface area contributed by atoms with Crippen molar-refractivity contribution in [3.05, 3.63) is 100 Å². The molecule has 1 N–H and O–H groups in total. The molecule has 0 aliphatic carbocycles. The minimum atomic E-state index is -4.38. The topological polar surface area (TPSA) is 68.6 Å². The van der Waals surface area contributed by atoms with Gasteiger partial charge in [-0.05, 0) is 53.6 Å². The number of benzene rings is 3. The zero-order valence-corrected chi connectivity index (χ0v) is 21.2. The predicted molar refractivity (Wildman–Crippen MR) is 139 cm³/mol. The van der Waals surface area contributed by atoms with Gasteiger partial charge in [-0.2, -0.15) is 18.4 Å². The zero-order chi connectivity index (χ0) is 27.1. The molecule has 4 rings (SSSR count). The molecule has 1 atom stereocenters. The van der Waals surface area contributed by atoms with Crippen LogP contribution >= 0.6 is 11.6 Å². The summed E-state index contributed by atoms with van der Waals surface area (Å²) in [6.07, 6.45) is -4.73. The standard InChI is InChI=1S/C28H26ClF3N4O2/c29-24-10-6-22(7-11-24)26(38-19-20-4-8-23(9-5-20)28(30,31)32)18-35-12-14-36(15-13-35)27(37)34-25-3-1-2-21(16-25)17-33/h1-11,16,26H,12-15,18-19H2,(H,34,37)/t26-/m0/s1. The highest BCUT2D eigenvalue weighted by Gasteiger charge is 2.30. The maximum Gasteiger partial charge on any atom is 0.416 e. The van der Waals surface area contributed by atoms with E-state index in [2.05, 4.69) is 16.3 Å². The molecule has 1 aliphatic heterocycles. The molecule has 10 heteroatoms. The Hall–Kier alpha value is -3.58. The van der Waals surface area contributed by atoms with E-state index in [1.807, 2.05) is 12.1 Å². The number of rotatable bonds is 7. The van der Waals surface area contributed by atoms with Crippen LogP contribution in [0.2, 0.25) is 5.02 Å². The van der Waals surface area contributed by atoms with Gasteiger partial charge in [0.05, 0.1) is 29.9 Å². The Morgan fingerprint density at radius 2 is 1.71 bits per heavy atom. The summed E-state index contributed by atoms with van der Waals surface area (Å²) in [5, 5.41) is 12.5. The number of carbonyl (C=O) groups is 1. The van der Waals surface area contributed by atoms with Crippen molar-refractivity contribution >= 4 is 23.3 Å². The van der Waals surface area contributed by atoms with E-state index < -0.39 is 11.7 Å². The number of piperazine rings is 1. The van der Waals surface area contributed by atoms with Crippen molar-refractivity contribution in [1.29, 1.82) is 5.26 Å². The van der Waals surface area contributed by atoms with Crippen LogP contribution in [0.1, 0.15) is 28.4 Å². The molecule has 3 aromatic rings. The van der Waals surface area contributed by atoms with Gasteiger partial charge < -0.3 is 15.0 Å². The summed E-state index contributed by atoms with van der Waals surface area (Å²) in [5.41, 5.74) is 1.88. The predicted octanol–water partition coefficient (Wildman–Crippen LogP) is 6.34. The molecule has 1 fully saturated rings. The average Bonchev–Trinajstić information content (AvgIpc) is 2.91. The lowest BCUT2D eigenvalue weighted by Gasteiger charge is -2.36. The van der Waals surface area contributed by atoms with Crippen LogP contribution in [0.3, 0.4) is 0 Å². The van der Waals surface area contributed by atoms with Crippen LogP contribution in [0.4, 0.5) is 23.7 Å². The fourth-order valence-corrected chi connectivity index (χ4v) is 4.28. The smallest absolute Gasteiger partial charge is 0.368 e. The third-order valence-electron chi connectivity index (χ3n) is 6.30. The molecule has 6 nitrogen and oxygen atoms in total. The Balaban J connectivity index is 1.35. The Morgan fingerprint density at radius 1 is 1.03 bits per heavy atom. The van der Waals surface area contributed by atoms with E-state index in [9.17, 15) is 18.0 Å². The van der Waals surface area contributed by atoms with E-state index in [4.69, 9.17) is 21.6 Å². The first kappa shape index (κ1) is 27.5. The third-order valence-corrected chi connectivity index (χ3v) is 6.55. The van der Waals surface area contributed by atoms with E-state index >= 15 is 0 Å². The van der Waals surface area contributed by atoms with Crippen LogP contribution in [-0.4, -0.2) is 48.6 Å². The summed E-state index contributed by atoms with van der Waals surface area (Å²) in [7, 11) is 0. The van der Waals surface area contributed by atoms with Crippen LogP contribution in [0.15, 0.2) is 72.8 Å². The van der Waals surface area contributed by atoms with Gasteiger partial charge in [0, 0.05) is 43.4 Å². The molecule has 3 aromatic carbocycles. The Kier molecular flexibility index (Phi) is 8.89. The van der Waals surface area contributed by atoms with Gasteiger partial charge in [0.15, 0.2) is 0 Å². The van der Waals surface area contributed by atoms with Crippen LogP contribution in [0.5, 0.6) is 0 Å². The number of nitrogens with one attached hydrogen (secondary N) is 1. The van der Waals surface area contributed by atoms with E-state index in [0.29, 0.717) is 54.6 Å². The monoisotopic (exact) mass is 542 g/mol. The van der Waals surface area contributed by atoms with Gasteiger partial charge in [0.2, 0.25) is 0 Å². The van der Waals surface area contributed by atoms with Crippen molar-refractivity contribution in [2.75, 3.05) is 38.0 Å². The number of hydrogen-bond acceptors (Lipinski definition) is 4. The number of halogens is 4. The Labute approximate surface area is 224 Å². The molecule has 1 heterocycles. The maximum absolute atomic E-state index is 12.9. The first-order valence-corrected chi connectivity index (χ1v) is 12.4. The van der Waals surface area contributed by atoms with E-state index in [1.54, 1.807) is 41.3 Å². The first-order chi connectivity index (χ1) is 18.2. The lowest BCUT2D eigenvalue weighted by molar-refractivity contribution is -0.137. The van der Waals surface area contributed by atoms with Crippen LogP contribution in [0.25, 0.3) is 0 Å². The minimum Gasteiger partial charge on any atom is -0.368 e. The van der Waals surface area contributed by atoms with Crippen molar-refractivity contribution in [1.82, 2.24) is 9.80 Å². The number of urea groups is 1. The van der Waals surface area contributed by atoms with Crippen LogP contribution < -0.4 is 5.32 Å². The molecule has 2 amide bonds. The van der Waals surface area contributed by atoms with Crippen LogP contribution in [-0.2, 0) is 17.5 Å². The zero-order valence-electron chi connectivity index (χ0n) is 20.4. The van der Waals surface area contributed by atoms with Gasteiger partial charge in [0.1, 0.15) is 0 Å². The molecule has 0 aromatic heterocycles. The molecule has 0 spiro atoms. The molecule has 0 unspecified atom stereocenters. The lowest BCUT2D eigenvalue weighted by Crippen LogP contribution is -2.50. The normalized spacial score (nSPS) is 15.1. The van der Waals surface area contributed by atoms with Crippen molar-refractivity contribution in [2.45, 2.75) is 18.9 Å². The average molecular weight is 543 g/mol. The number of nitriles is 1. The molecule has 1 aliphatic rings. The summed E-state index contributed by atoms with van der Waals surface area (Å²) in [6, 6.07) is 20.8. The van der Waals surface area contributed by atoms with E-state index in [0.717, 1.165) is 17.7 Å². The summed E-state index contributed by atoms with van der Waals surface area (Å²) in [5.74, 6) is 0. The second-order valence-electron chi connectivity index (χ2n) is 8.96. The van der Waals surface area contributed by atoms with Gasteiger partial charge >= 0.3 is 12.2 Å². The number of alkyl halides is 3. The van der Waals surface area contributed by atoms with Crippen molar-refractivity contribution in [3.8, 4) is 6.07 Å². The number of carbonyl (C=O) groups excluding carboxylic acids is 1. The lowest BCUT2D eigenvalue weighted by atomic mass is 10.1. The molecular formula is C28H26ClF3N4O2. The van der Waals surface area contributed by atoms with Gasteiger partial charge in [0.25, 0.3) is 0 Å². The van der Waals surface area contributed by atoms with Crippen molar-refractivity contribution in [3.63, 3.8) is 0 Å². The number of ether oxygens (including phenoxy) is 1. The molecule has 0 saturated carbocycles. The van der Waals surface area contributed by atoms with E-state index in [1.165, 1.54) is 12.1 Å². The minimum absolute atomic E-state index is 0.148. The third kappa shape index (κ3) is 7.48. The van der Waals surface area contributed by atoms with Crippen LogP contribution in [0, 0.1) is 11.3 Å². The highest BCUT2D eigenvalue weighted by Crippen LogP contribution is 2.30. The second kappa shape index (κ2) is 12.3. The highest BCUT2D eigenvalue weighted by atomic mass is 35.5. The summed E-state index contributed by atoms with van der Waals surface area (Å²) in [6.45, 7) is 2.96. The summed E-state index contributed by atoms with van der Waals surface area (Å²) in [4.78, 5) is 16.6. The molecule has 38 heavy (non-hydrogen) atoms. The Bertz CT molecular complexity index is 1270. The fraction of sp³-hybridized carbons (Fsp3) is 0.286. The molecular weight excluding hydrogens is 517 g/mol. The van der Waals surface area contributed by atoms with Gasteiger partial charge in [-0.25, -0.2) is 4.79 Å². The van der Waals surface area contributed by atoms with Gasteiger partial charge in [-0.1, -0.05) is 41.9 Å². The number of hydrogen-bond donors (Lipinski definition) is 1. The maximum atomic E-state index is 12.9. The summed E-state index contributed by atoms with van der Waals surface area (Å²) >= 11 is 6.05. The van der Waals surface area contributed by atoms with Crippen molar-refractivity contribution in [2.24, 2.45) is 0 Å². The SMILES string of the molecule is N#Cc1cccc(NC(=O)N2CCN(C[C@H](OCc3ccc(C(F)(F)F)cc3)c3ccc(Cl)cc3)CC2)c1. The van der Waals surface area contributed by atoms with Crippen molar-refractivity contribution < 1.29 is 22.7 Å². The molecule has 1 saturated heterocycles. The Morgan fingerprint density at radius 3 is 2.34 bits per heavy atom. The highest BCUT2D eigenvalue weighted by molar-refractivity contribution is 6.30. The number of anilines is 1. The summed E-state index contributed by atoms with van der Waals surface area (Å²) < 4.78 is 44.8. The molecule has 0 radical (unpaired) electrons. The first-order valence-electron chi connectivity index (χ1n) is 12.0. The molecule has 198 valence electrons. The largest absolute Gasteiger partial charge is 0.416 e. The van der Waals surface area contributed by atoms with Gasteiger partial charge in [-0.3, -0.25) is 4.90 Å². The number of amides is 2. The van der Waals surface area contributed by atoms with E-state index in [-0.39, 0.29) is 18.7 Å². The van der Waals surface area contributed by atoms with Gasteiger partial charge in [-0.15, -0.1) is 0 Å². The quantitative estimate of drug-likeness (QED) is 0.378. The number of nitrogens with zero attached hydrogens (tertiary/aromatic N) is 3.